The molecule has 2 rings (SSSR count). The number of rotatable bonds is 12. The zero-order chi connectivity index (χ0) is 25.3. The first-order valence-electron chi connectivity index (χ1n) is 11.4. The average molecular weight is 508 g/mol. The fourth-order valence-corrected chi connectivity index (χ4v) is 4.69. The van der Waals surface area contributed by atoms with Gasteiger partial charge in [-0.05, 0) is 56.5 Å². The molecule has 0 aliphatic carbocycles. The van der Waals surface area contributed by atoms with Crippen molar-refractivity contribution in [2.75, 3.05) is 23.7 Å². The van der Waals surface area contributed by atoms with Crippen LogP contribution >= 0.6 is 11.6 Å². The van der Waals surface area contributed by atoms with Gasteiger partial charge < -0.3 is 10.2 Å². The summed E-state index contributed by atoms with van der Waals surface area (Å²) in [5, 5.41) is 3.36. The van der Waals surface area contributed by atoms with Crippen molar-refractivity contribution in [2.45, 2.75) is 52.6 Å². The number of carbonyl (C=O) groups is 2. The zero-order valence-electron chi connectivity index (χ0n) is 20.3. The van der Waals surface area contributed by atoms with Gasteiger partial charge in [0.1, 0.15) is 6.04 Å². The SMILES string of the molecule is CCCNC(=O)C(C)N(Cc1cccc(C)c1)C(=O)CCCN(c1ccc(Cl)cc1)S(C)(=O)=O. The molecule has 2 aromatic rings. The lowest BCUT2D eigenvalue weighted by Crippen LogP contribution is -2.47. The Labute approximate surface area is 208 Å². The Morgan fingerprint density at radius 1 is 1.12 bits per heavy atom. The summed E-state index contributed by atoms with van der Waals surface area (Å²) in [4.78, 5) is 27.4. The molecule has 1 atom stereocenters. The molecular weight excluding hydrogens is 474 g/mol. The number of carbonyl (C=O) groups excluding carboxylic acids is 2. The van der Waals surface area contributed by atoms with Gasteiger partial charge in [-0.3, -0.25) is 13.9 Å². The summed E-state index contributed by atoms with van der Waals surface area (Å²) in [5.41, 5.74) is 2.49. The summed E-state index contributed by atoms with van der Waals surface area (Å²) >= 11 is 5.92. The Kier molecular flexibility index (Phi) is 10.4. The summed E-state index contributed by atoms with van der Waals surface area (Å²) in [6.45, 7) is 6.64. The molecule has 0 spiro atoms. The molecule has 1 unspecified atom stereocenters. The normalized spacial score (nSPS) is 12.1. The minimum absolute atomic E-state index is 0.108. The van der Waals surface area contributed by atoms with Gasteiger partial charge in [0.2, 0.25) is 21.8 Å². The smallest absolute Gasteiger partial charge is 0.242 e. The van der Waals surface area contributed by atoms with Crippen LogP contribution in [-0.4, -0.2) is 50.5 Å². The van der Waals surface area contributed by atoms with E-state index in [4.69, 9.17) is 11.6 Å². The summed E-state index contributed by atoms with van der Waals surface area (Å²) < 4.78 is 25.9. The molecule has 0 bridgehead atoms. The van der Waals surface area contributed by atoms with Crippen molar-refractivity contribution in [2.24, 2.45) is 0 Å². The second kappa shape index (κ2) is 12.8. The fourth-order valence-electron chi connectivity index (χ4n) is 3.60. The number of nitrogens with zero attached hydrogens (tertiary/aromatic N) is 2. The van der Waals surface area contributed by atoms with Crippen LogP contribution in [0.1, 0.15) is 44.2 Å². The zero-order valence-corrected chi connectivity index (χ0v) is 21.8. The van der Waals surface area contributed by atoms with Crippen LogP contribution in [0.25, 0.3) is 0 Å². The van der Waals surface area contributed by atoms with Crippen LogP contribution in [0, 0.1) is 6.92 Å². The van der Waals surface area contributed by atoms with E-state index in [0.717, 1.165) is 23.8 Å². The third kappa shape index (κ3) is 8.33. The highest BCUT2D eigenvalue weighted by atomic mass is 35.5. The standard InChI is InChI=1S/C25H34ClN3O4S/c1-5-15-27-25(31)20(3)28(18-21-9-6-8-19(2)17-21)24(30)10-7-16-29(34(4,32)33)23-13-11-22(26)12-14-23/h6,8-9,11-14,17,20H,5,7,10,15-16,18H2,1-4H3,(H,27,31). The van der Waals surface area contributed by atoms with Gasteiger partial charge >= 0.3 is 0 Å². The predicted molar refractivity (Wildman–Crippen MR) is 137 cm³/mol. The van der Waals surface area contributed by atoms with E-state index < -0.39 is 16.1 Å². The largest absolute Gasteiger partial charge is 0.354 e. The van der Waals surface area contributed by atoms with Crippen molar-refractivity contribution in [1.82, 2.24) is 10.2 Å². The molecule has 2 amide bonds. The van der Waals surface area contributed by atoms with Gasteiger partial charge in [-0.15, -0.1) is 0 Å². The van der Waals surface area contributed by atoms with E-state index in [9.17, 15) is 18.0 Å². The van der Waals surface area contributed by atoms with Gasteiger partial charge in [-0.1, -0.05) is 48.4 Å². The first kappa shape index (κ1) is 27.7. The van der Waals surface area contributed by atoms with E-state index >= 15 is 0 Å². The molecule has 186 valence electrons. The third-order valence-electron chi connectivity index (χ3n) is 5.42. The maximum atomic E-state index is 13.2. The van der Waals surface area contributed by atoms with Gasteiger partial charge in [-0.25, -0.2) is 8.42 Å². The molecule has 0 fully saturated rings. The van der Waals surface area contributed by atoms with Crippen molar-refractivity contribution in [3.05, 3.63) is 64.7 Å². The van der Waals surface area contributed by atoms with E-state index in [-0.39, 0.29) is 24.8 Å². The van der Waals surface area contributed by atoms with Crippen LogP contribution in [0.15, 0.2) is 48.5 Å². The number of hydrogen-bond donors (Lipinski definition) is 1. The number of sulfonamides is 1. The van der Waals surface area contributed by atoms with Crippen LogP contribution in [-0.2, 0) is 26.2 Å². The molecule has 7 nitrogen and oxygen atoms in total. The minimum atomic E-state index is -3.54. The average Bonchev–Trinajstić information content (AvgIpc) is 2.78. The Morgan fingerprint density at radius 2 is 1.79 bits per heavy atom. The molecule has 0 heterocycles. The second-order valence-electron chi connectivity index (χ2n) is 8.39. The molecule has 0 aliphatic heterocycles. The highest BCUT2D eigenvalue weighted by molar-refractivity contribution is 7.92. The fraction of sp³-hybridized carbons (Fsp3) is 0.440. The predicted octanol–water partition coefficient (Wildman–Crippen LogP) is 4.14. The summed E-state index contributed by atoms with van der Waals surface area (Å²) in [6.07, 6.45) is 2.35. The van der Waals surface area contributed by atoms with E-state index in [2.05, 4.69) is 5.32 Å². The van der Waals surface area contributed by atoms with Gasteiger partial charge in [0.15, 0.2) is 0 Å². The van der Waals surface area contributed by atoms with Gasteiger partial charge in [0.05, 0.1) is 11.9 Å². The van der Waals surface area contributed by atoms with Gasteiger partial charge in [0.25, 0.3) is 0 Å². The van der Waals surface area contributed by atoms with Crippen molar-refractivity contribution >= 4 is 39.1 Å². The van der Waals surface area contributed by atoms with Crippen LogP contribution in [0.3, 0.4) is 0 Å². The number of benzene rings is 2. The highest BCUT2D eigenvalue weighted by Crippen LogP contribution is 2.21. The number of hydrogen-bond acceptors (Lipinski definition) is 4. The molecule has 34 heavy (non-hydrogen) atoms. The number of anilines is 1. The number of halogens is 1. The van der Waals surface area contributed by atoms with Crippen molar-refractivity contribution in [1.29, 1.82) is 0 Å². The lowest BCUT2D eigenvalue weighted by Gasteiger charge is -2.29. The minimum Gasteiger partial charge on any atom is -0.354 e. The van der Waals surface area contributed by atoms with E-state index in [1.54, 1.807) is 36.1 Å². The van der Waals surface area contributed by atoms with Crippen LogP contribution in [0.4, 0.5) is 5.69 Å². The highest BCUT2D eigenvalue weighted by Gasteiger charge is 2.26. The first-order chi connectivity index (χ1) is 16.0. The Morgan fingerprint density at radius 3 is 2.38 bits per heavy atom. The van der Waals surface area contributed by atoms with Crippen LogP contribution in [0.2, 0.25) is 5.02 Å². The van der Waals surface area contributed by atoms with Crippen LogP contribution < -0.4 is 9.62 Å². The van der Waals surface area contributed by atoms with E-state index in [0.29, 0.717) is 30.2 Å². The van der Waals surface area contributed by atoms with Crippen LogP contribution in [0.5, 0.6) is 0 Å². The lowest BCUT2D eigenvalue weighted by molar-refractivity contribution is -0.140. The maximum absolute atomic E-state index is 13.2. The van der Waals surface area contributed by atoms with Gasteiger partial charge in [0, 0.05) is 31.1 Å². The molecule has 0 aliphatic rings. The summed E-state index contributed by atoms with van der Waals surface area (Å²) in [5.74, 6) is -0.410. The number of nitrogens with one attached hydrogen (secondary N) is 1. The van der Waals surface area contributed by atoms with Crippen molar-refractivity contribution < 1.29 is 18.0 Å². The third-order valence-corrected chi connectivity index (χ3v) is 6.86. The molecule has 9 heteroatoms. The molecule has 0 radical (unpaired) electrons. The van der Waals surface area contributed by atoms with Crippen molar-refractivity contribution in [3.8, 4) is 0 Å². The second-order valence-corrected chi connectivity index (χ2v) is 10.7. The lowest BCUT2D eigenvalue weighted by atomic mass is 10.1. The molecule has 0 saturated carbocycles. The summed E-state index contributed by atoms with van der Waals surface area (Å²) in [6, 6.07) is 13.7. The topological polar surface area (TPSA) is 86.8 Å². The molecular formula is C25H34ClN3O4S. The molecule has 2 aromatic carbocycles. The Balaban J connectivity index is 2.14. The molecule has 1 N–H and O–H groups in total. The van der Waals surface area contributed by atoms with Gasteiger partial charge in [-0.2, -0.15) is 0 Å². The number of amides is 2. The number of aryl methyl sites for hydroxylation is 1. The summed E-state index contributed by atoms with van der Waals surface area (Å²) in [7, 11) is -3.54. The monoisotopic (exact) mass is 507 g/mol. The Hall–Kier alpha value is -2.58. The van der Waals surface area contributed by atoms with E-state index in [1.165, 1.54) is 4.31 Å². The first-order valence-corrected chi connectivity index (χ1v) is 13.6. The molecule has 0 aromatic heterocycles. The molecule has 0 saturated heterocycles. The van der Waals surface area contributed by atoms with Crippen molar-refractivity contribution in [3.63, 3.8) is 0 Å². The quantitative estimate of drug-likeness (QED) is 0.467. The maximum Gasteiger partial charge on any atom is 0.242 e. The van der Waals surface area contributed by atoms with E-state index in [1.807, 2.05) is 38.1 Å². The Bertz CT molecular complexity index is 1070.